The number of hydrogen-bond acceptors (Lipinski definition) is 2. The molecule has 2 aromatic heterocycles. The topological polar surface area (TPSA) is 47.2 Å². The minimum absolute atomic E-state index is 0.871. The number of benzene rings is 1. The number of aromatic amines is 2. The van der Waals surface area contributed by atoms with Gasteiger partial charge in [0.05, 0.1) is 18.1 Å². The van der Waals surface area contributed by atoms with Crippen molar-refractivity contribution in [1.82, 2.24) is 14.9 Å². The molecule has 1 aromatic carbocycles. The number of likely N-dealkylation sites (tertiary alicyclic amines) is 1. The van der Waals surface area contributed by atoms with Gasteiger partial charge in [0.25, 0.3) is 0 Å². The average molecular weight is 338 g/mol. The summed E-state index contributed by atoms with van der Waals surface area (Å²) in [6, 6.07) is 10.6. The van der Waals surface area contributed by atoms with E-state index in [0.29, 0.717) is 0 Å². The third kappa shape index (κ3) is 2.96. The van der Waals surface area contributed by atoms with Crippen LogP contribution in [0.25, 0.3) is 22.2 Å². The molecular formula is C19H22N4S. The van der Waals surface area contributed by atoms with E-state index in [1.807, 2.05) is 24.2 Å². The number of aromatic nitrogens is 2. The number of hydrogen-bond donors (Lipinski definition) is 2. The lowest BCUT2D eigenvalue weighted by atomic mass is 10.2. The number of thioether (sulfide) groups is 1. The van der Waals surface area contributed by atoms with Gasteiger partial charge in [-0.3, -0.25) is 4.99 Å². The Morgan fingerprint density at radius 3 is 2.96 bits per heavy atom. The lowest BCUT2D eigenvalue weighted by Gasteiger charge is -2.10. The van der Waals surface area contributed by atoms with Gasteiger partial charge >= 0.3 is 0 Å². The minimum atomic E-state index is 0.871. The van der Waals surface area contributed by atoms with Crippen molar-refractivity contribution in [3.63, 3.8) is 0 Å². The minimum Gasteiger partial charge on any atom is -0.367 e. The van der Waals surface area contributed by atoms with E-state index in [9.17, 15) is 0 Å². The summed E-state index contributed by atoms with van der Waals surface area (Å²) in [6.45, 7) is 2.02. The van der Waals surface area contributed by atoms with Gasteiger partial charge < -0.3 is 14.9 Å². The number of fused-ring (bicyclic) bond motifs is 1. The summed E-state index contributed by atoms with van der Waals surface area (Å²) in [4.78, 5) is 15.1. The first-order valence-corrected chi connectivity index (χ1v) is 9.42. The van der Waals surface area contributed by atoms with Gasteiger partial charge in [-0.1, -0.05) is 18.2 Å². The smallest absolute Gasteiger partial charge is 0.0987 e. The fraction of sp³-hybridized carbons (Fsp3) is 0.316. The first kappa shape index (κ1) is 15.4. The zero-order valence-corrected chi connectivity index (χ0v) is 14.7. The molecule has 4 rings (SSSR count). The molecule has 3 aromatic rings. The van der Waals surface area contributed by atoms with E-state index in [-0.39, 0.29) is 0 Å². The van der Waals surface area contributed by atoms with E-state index in [1.165, 1.54) is 39.3 Å². The maximum atomic E-state index is 4.78. The molecule has 5 heteroatoms. The van der Waals surface area contributed by atoms with Gasteiger partial charge in [0.2, 0.25) is 0 Å². The van der Waals surface area contributed by atoms with Crippen LogP contribution < -0.4 is 0 Å². The fourth-order valence-corrected chi connectivity index (χ4v) is 4.30. The number of nitrogens with zero attached hydrogens (tertiary/aromatic N) is 2. The highest BCUT2D eigenvalue weighted by atomic mass is 32.2. The number of rotatable bonds is 5. The number of H-pyrrole nitrogens is 2. The number of amidine groups is 1. The number of nitrogens with one attached hydrogen (secondary N) is 2. The molecule has 0 radical (unpaired) electrons. The third-order valence-corrected chi connectivity index (χ3v) is 5.61. The van der Waals surface area contributed by atoms with Gasteiger partial charge in [-0.2, -0.15) is 0 Å². The average Bonchev–Trinajstić information content (AvgIpc) is 3.32. The van der Waals surface area contributed by atoms with Crippen LogP contribution in [0.4, 0.5) is 0 Å². The SMILES string of the molecule is CN1CCC/C1=N\CCSc1c(-c2cc[nH]c2)[nH]c2ccccc12. The highest BCUT2D eigenvalue weighted by Crippen LogP contribution is 2.37. The summed E-state index contributed by atoms with van der Waals surface area (Å²) < 4.78 is 0. The second kappa shape index (κ2) is 6.77. The molecule has 0 spiro atoms. The van der Waals surface area contributed by atoms with E-state index in [4.69, 9.17) is 4.99 Å². The molecule has 1 saturated heterocycles. The van der Waals surface area contributed by atoms with Gasteiger partial charge in [-0.15, -0.1) is 11.8 Å². The van der Waals surface area contributed by atoms with Crippen LogP contribution in [0.3, 0.4) is 0 Å². The second-order valence-corrected chi connectivity index (χ2v) is 7.25. The van der Waals surface area contributed by atoms with Crippen molar-refractivity contribution in [2.45, 2.75) is 17.7 Å². The molecule has 0 atom stereocenters. The van der Waals surface area contributed by atoms with E-state index >= 15 is 0 Å². The van der Waals surface area contributed by atoms with E-state index in [1.54, 1.807) is 0 Å². The molecule has 3 heterocycles. The lowest BCUT2D eigenvalue weighted by Crippen LogP contribution is -2.19. The maximum absolute atomic E-state index is 4.78. The Hall–Kier alpha value is -2.14. The van der Waals surface area contributed by atoms with Crippen LogP contribution >= 0.6 is 11.8 Å². The normalized spacial score (nSPS) is 16.5. The monoisotopic (exact) mass is 338 g/mol. The van der Waals surface area contributed by atoms with Gasteiger partial charge in [-0.25, -0.2) is 0 Å². The van der Waals surface area contributed by atoms with Gasteiger partial charge in [0, 0.05) is 59.5 Å². The van der Waals surface area contributed by atoms with E-state index < -0.39 is 0 Å². The molecule has 0 aliphatic carbocycles. The molecular weight excluding hydrogens is 316 g/mol. The molecule has 0 unspecified atom stereocenters. The van der Waals surface area contributed by atoms with Gasteiger partial charge in [-0.05, 0) is 18.6 Å². The van der Waals surface area contributed by atoms with Crippen LogP contribution in [0.15, 0.2) is 52.6 Å². The van der Waals surface area contributed by atoms with Crippen molar-refractivity contribution in [3.05, 3.63) is 42.7 Å². The molecule has 1 aliphatic heterocycles. The summed E-state index contributed by atoms with van der Waals surface area (Å²) in [5.74, 6) is 2.26. The van der Waals surface area contributed by atoms with Crippen molar-refractivity contribution >= 4 is 28.5 Å². The number of aliphatic imine (C=N–C) groups is 1. The Balaban J connectivity index is 1.55. The first-order chi connectivity index (χ1) is 11.8. The molecule has 24 heavy (non-hydrogen) atoms. The highest BCUT2D eigenvalue weighted by molar-refractivity contribution is 7.99. The quantitative estimate of drug-likeness (QED) is 0.536. The Morgan fingerprint density at radius 1 is 1.25 bits per heavy atom. The van der Waals surface area contributed by atoms with Crippen molar-refractivity contribution in [2.24, 2.45) is 4.99 Å². The lowest BCUT2D eigenvalue weighted by molar-refractivity contribution is 0.548. The van der Waals surface area contributed by atoms with Crippen LogP contribution in [0, 0.1) is 0 Å². The summed E-state index contributed by atoms with van der Waals surface area (Å²) in [6.07, 6.45) is 6.38. The molecule has 1 fully saturated rings. The zero-order valence-electron chi connectivity index (χ0n) is 13.9. The molecule has 124 valence electrons. The Labute approximate surface area is 146 Å². The predicted octanol–water partition coefficient (Wildman–Crippen LogP) is 4.38. The summed E-state index contributed by atoms with van der Waals surface area (Å²) in [5, 5.41) is 1.30. The summed E-state index contributed by atoms with van der Waals surface area (Å²) in [7, 11) is 2.14. The molecule has 0 bridgehead atoms. The van der Waals surface area contributed by atoms with E-state index in [0.717, 1.165) is 25.3 Å². The predicted molar refractivity (Wildman–Crippen MR) is 103 cm³/mol. The largest absolute Gasteiger partial charge is 0.367 e. The van der Waals surface area contributed by atoms with Crippen LogP contribution in [0.1, 0.15) is 12.8 Å². The van der Waals surface area contributed by atoms with Crippen molar-refractivity contribution in [2.75, 3.05) is 25.9 Å². The fourth-order valence-electron chi connectivity index (χ4n) is 3.27. The molecule has 1 aliphatic rings. The highest BCUT2D eigenvalue weighted by Gasteiger charge is 2.15. The zero-order chi connectivity index (χ0) is 16.4. The van der Waals surface area contributed by atoms with Crippen molar-refractivity contribution in [1.29, 1.82) is 0 Å². The third-order valence-electron chi connectivity index (χ3n) is 4.51. The van der Waals surface area contributed by atoms with Crippen LogP contribution in [0.2, 0.25) is 0 Å². The summed E-state index contributed by atoms with van der Waals surface area (Å²) in [5.41, 5.74) is 3.60. The van der Waals surface area contributed by atoms with Gasteiger partial charge in [0.15, 0.2) is 0 Å². The molecule has 2 N–H and O–H groups in total. The number of para-hydroxylation sites is 1. The van der Waals surface area contributed by atoms with Crippen LogP contribution in [-0.4, -0.2) is 46.6 Å². The molecule has 0 saturated carbocycles. The standard InChI is InChI=1S/C19H22N4S/c1-23-11-4-7-17(23)21-10-12-24-19-15-5-2-3-6-16(15)22-18(19)14-8-9-20-13-14/h2-3,5-6,8-9,13,20,22H,4,7,10-12H2,1H3/b21-17+. The molecule has 0 amide bonds. The van der Waals surface area contributed by atoms with Gasteiger partial charge in [0.1, 0.15) is 0 Å². The Bertz CT molecular complexity index is 848. The van der Waals surface area contributed by atoms with Crippen LogP contribution in [-0.2, 0) is 0 Å². The second-order valence-electron chi connectivity index (χ2n) is 6.15. The Morgan fingerprint density at radius 2 is 2.17 bits per heavy atom. The Kier molecular flexibility index (Phi) is 4.34. The summed E-state index contributed by atoms with van der Waals surface area (Å²) >= 11 is 1.90. The van der Waals surface area contributed by atoms with Crippen molar-refractivity contribution in [3.8, 4) is 11.3 Å². The first-order valence-electron chi connectivity index (χ1n) is 8.44. The van der Waals surface area contributed by atoms with Crippen LogP contribution in [0.5, 0.6) is 0 Å². The van der Waals surface area contributed by atoms with Crippen molar-refractivity contribution < 1.29 is 0 Å². The molecule has 4 nitrogen and oxygen atoms in total. The maximum Gasteiger partial charge on any atom is 0.0987 e. The van der Waals surface area contributed by atoms with E-state index in [2.05, 4.69) is 52.2 Å².